The lowest BCUT2D eigenvalue weighted by molar-refractivity contribution is 0.455. The van der Waals surface area contributed by atoms with E-state index in [9.17, 15) is 9.50 Å². The first-order valence-corrected chi connectivity index (χ1v) is 3.83. The van der Waals surface area contributed by atoms with E-state index in [2.05, 4.69) is 0 Å². The standard InChI is InChI=1S/C9H12FNO/c1-6(11)5-7-8(10)3-2-4-9(7)12/h2-4,6,12H,5,11H2,1H3. The molecule has 0 aliphatic rings. The zero-order chi connectivity index (χ0) is 9.14. The predicted molar refractivity (Wildman–Crippen MR) is 45.4 cm³/mol. The van der Waals surface area contributed by atoms with Crippen LogP contribution in [0.15, 0.2) is 18.2 Å². The molecule has 0 aliphatic heterocycles. The van der Waals surface area contributed by atoms with E-state index >= 15 is 0 Å². The molecular formula is C9H12FNO. The molecule has 0 heterocycles. The van der Waals surface area contributed by atoms with Gasteiger partial charge in [0, 0.05) is 11.6 Å². The number of hydrogen-bond donors (Lipinski definition) is 2. The summed E-state index contributed by atoms with van der Waals surface area (Å²) in [7, 11) is 0. The van der Waals surface area contributed by atoms with Crippen LogP contribution in [-0.2, 0) is 6.42 Å². The Balaban J connectivity index is 2.96. The summed E-state index contributed by atoms with van der Waals surface area (Å²) < 4.78 is 13.0. The van der Waals surface area contributed by atoms with Crippen molar-refractivity contribution in [3.05, 3.63) is 29.6 Å². The minimum Gasteiger partial charge on any atom is -0.508 e. The van der Waals surface area contributed by atoms with Crippen LogP contribution < -0.4 is 5.73 Å². The Hall–Kier alpha value is -1.09. The minimum absolute atomic E-state index is 0.0210. The van der Waals surface area contributed by atoms with Crippen molar-refractivity contribution < 1.29 is 9.50 Å². The minimum atomic E-state index is -0.396. The Morgan fingerprint density at radius 2 is 2.25 bits per heavy atom. The Morgan fingerprint density at radius 3 is 2.75 bits per heavy atom. The summed E-state index contributed by atoms with van der Waals surface area (Å²) >= 11 is 0. The Kier molecular flexibility index (Phi) is 2.65. The van der Waals surface area contributed by atoms with E-state index in [-0.39, 0.29) is 11.8 Å². The van der Waals surface area contributed by atoms with Crippen LogP contribution in [0, 0.1) is 5.82 Å². The molecule has 1 rings (SSSR count). The van der Waals surface area contributed by atoms with E-state index in [1.807, 2.05) is 0 Å². The molecule has 3 heteroatoms. The van der Waals surface area contributed by atoms with Crippen LogP contribution in [0.4, 0.5) is 4.39 Å². The maximum absolute atomic E-state index is 13.0. The summed E-state index contributed by atoms with van der Waals surface area (Å²) in [5, 5.41) is 9.24. The van der Waals surface area contributed by atoms with Crippen molar-refractivity contribution >= 4 is 0 Å². The lowest BCUT2D eigenvalue weighted by atomic mass is 10.1. The van der Waals surface area contributed by atoms with Gasteiger partial charge in [0.05, 0.1) is 0 Å². The monoisotopic (exact) mass is 169 g/mol. The first kappa shape index (κ1) is 9.00. The largest absolute Gasteiger partial charge is 0.508 e. The van der Waals surface area contributed by atoms with Crippen LogP contribution in [-0.4, -0.2) is 11.1 Å². The highest BCUT2D eigenvalue weighted by molar-refractivity contribution is 5.33. The van der Waals surface area contributed by atoms with Crippen molar-refractivity contribution in [2.45, 2.75) is 19.4 Å². The lowest BCUT2D eigenvalue weighted by Gasteiger charge is -2.07. The van der Waals surface area contributed by atoms with Gasteiger partial charge in [0.1, 0.15) is 11.6 Å². The predicted octanol–water partition coefficient (Wildman–Crippen LogP) is 1.42. The first-order chi connectivity index (χ1) is 5.61. The molecular weight excluding hydrogens is 157 g/mol. The fourth-order valence-electron chi connectivity index (χ4n) is 1.07. The SMILES string of the molecule is CC(N)Cc1c(O)cccc1F. The van der Waals surface area contributed by atoms with Crippen molar-refractivity contribution in [2.75, 3.05) is 0 Å². The van der Waals surface area contributed by atoms with Crippen molar-refractivity contribution in [3.8, 4) is 5.75 Å². The van der Waals surface area contributed by atoms with Crippen molar-refractivity contribution in [3.63, 3.8) is 0 Å². The molecule has 2 nitrogen and oxygen atoms in total. The summed E-state index contributed by atoms with van der Waals surface area (Å²) in [4.78, 5) is 0. The van der Waals surface area contributed by atoms with Gasteiger partial charge in [0.2, 0.25) is 0 Å². The van der Waals surface area contributed by atoms with Crippen LogP contribution in [0.25, 0.3) is 0 Å². The van der Waals surface area contributed by atoms with E-state index in [4.69, 9.17) is 5.73 Å². The summed E-state index contributed by atoms with van der Waals surface area (Å²) in [6.45, 7) is 1.77. The van der Waals surface area contributed by atoms with Gasteiger partial charge < -0.3 is 10.8 Å². The zero-order valence-electron chi connectivity index (χ0n) is 6.92. The molecule has 66 valence electrons. The van der Waals surface area contributed by atoms with Crippen molar-refractivity contribution in [1.29, 1.82) is 0 Å². The zero-order valence-corrected chi connectivity index (χ0v) is 6.92. The Bertz CT molecular complexity index is 253. The second-order valence-corrected chi connectivity index (χ2v) is 2.92. The summed E-state index contributed by atoms with van der Waals surface area (Å²) in [6, 6.07) is 4.10. The summed E-state index contributed by atoms with van der Waals surface area (Å²) in [6.07, 6.45) is 0.360. The van der Waals surface area contributed by atoms with Gasteiger partial charge in [-0.15, -0.1) is 0 Å². The number of hydrogen-bond acceptors (Lipinski definition) is 2. The molecule has 1 aromatic carbocycles. The van der Waals surface area contributed by atoms with Gasteiger partial charge in [-0.2, -0.15) is 0 Å². The molecule has 0 bridgehead atoms. The van der Waals surface area contributed by atoms with Crippen LogP contribution in [0.1, 0.15) is 12.5 Å². The number of rotatable bonds is 2. The van der Waals surface area contributed by atoms with Crippen LogP contribution in [0.2, 0.25) is 0 Å². The fraction of sp³-hybridized carbons (Fsp3) is 0.333. The molecule has 1 aromatic rings. The van der Waals surface area contributed by atoms with Gasteiger partial charge in [0.25, 0.3) is 0 Å². The average molecular weight is 169 g/mol. The molecule has 1 unspecified atom stereocenters. The highest BCUT2D eigenvalue weighted by atomic mass is 19.1. The lowest BCUT2D eigenvalue weighted by Crippen LogP contribution is -2.18. The van der Waals surface area contributed by atoms with E-state index < -0.39 is 5.82 Å². The maximum Gasteiger partial charge on any atom is 0.130 e. The molecule has 0 radical (unpaired) electrons. The Labute approximate surface area is 70.8 Å². The van der Waals surface area contributed by atoms with E-state index in [0.717, 1.165) is 0 Å². The van der Waals surface area contributed by atoms with Gasteiger partial charge in [-0.1, -0.05) is 6.07 Å². The molecule has 0 aliphatic carbocycles. The number of phenolic OH excluding ortho intramolecular Hbond substituents is 1. The molecule has 0 fully saturated rings. The second-order valence-electron chi connectivity index (χ2n) is 2.92. The van der Waals surface area contributed by atoms with Gasteiger partial charge in [-0.05, 0) is 25.5 Å². The number of phenols is 1. The number of halogens is 1. The molecule has 0 aromatic heterocycles. The fourth-order valence-corrected chi connectivity index (χ4v) is 1.07. The molecule has 3 N–H and O–H groups in total. The third-order valence-electron chi connectivity index (χ3n) is 1.62. The average Bonchev–Trinajstić information content (AvgIpc) is 1.97. The first-order valence-electron chi connectivity index (χ1n) is 3.83. The third kappa shape index (κ3) is 1.95. The summed E-state index contributed by atoms with van der Waals surface area (Å²) in [5.74, 6) is -0.417. The van der Waals surface area contributed by atoms with Crippen molar-refractivity contribution in [2.24, 2.45) is 5.73 Å². The van der Waals surface area contributed by atoms with Crippen LogP contribution in [0.5, 0.6) is 5.75 Å². The quantitative estimate of drug-likeness (QED) is 0.703. The number of benzene rings is 1. The van der Waals surface area contributed by atoms with Gasteiger partial charge >= 0.3 is 0 Å². The Morgan fingerprint density at radius 1 is 1.58 bits per heavy atom. The van der Waals surface area contributed by atoms with E-state index in [0.29, 0.717) is 12.0 Å². The topological polar surface area (TPSA) is 46.2 Å². The summed E-state index contributed by atoms with van der Waals surface area (Å²) in [5.41, 5.74) is 5.78. The molecule has 12 heavy (non-hydrogen) atoms. The van der Waals surface area contributed by atoms with Gasteiger partial charge in [-0.25, -0.2) is 4.39 Å². The van der Waals surface area contributed by atoms with E-state index in [1.54, 1.807) is 6.92 Å². The van der Waals surface area contributed by atoms with Crippen molar-refractivity contribution in [1.82, 2.24) is 0 Å². The van der Waals surface area contributed by atoms with E-state index in [1.165, 1.54) is 18.2 Å². The molecule has 0 spiro atoms. The van der Waals surface area contributed by atoms with Gasteiger partial charge in [-0.3, -0.25) is 0 Å². The van der Waals surface area contributed by atoms with Crippen LogP contribution >= 0.6 is 0 Å². The maximum atomic E-state index is 13.0. The highest BCUT2D eigenvalue weighted by Gasteiger charge is 2.08. The smallest absolute Gasteiger partial charge is 0.130 e. The molecule has 0 amide bonds. The number of nitrogens with two attached hydrogens (primary N) is 1. The molecule has 0 saturated heterocycles. The molecule has 1 atom stereocenters. The van der Waals surface area contributed by atoms with Crippen LogP contribution in [0.3, 0.4) is 0 Å². The highest BCUT2D eigenvalue weighted by Crippen LogP contribution is 2.20. The van der Waals surface area contributed by atoms with Gasteiger partial charge in [0.15, 0.2) is 0 Å². The number of aromatic hydroxyl groups is 1. The normalized spacial score (nSPS) is 12.9. The third-order valence-corrected chi connectivity index (χ3v) is 1.62. The second kappa shape index (κ2) is 3.54. The molecule has 0 saturated carbocycles.